The van der Waals surface area contributed by atoms with Crippen LogP contribution >= 0.6 is 11.6 Å². The van der Waals surface area contributed by atoms with Crippen molar-refractivity contribution in [1.29, 1.82) is 0 Å². The van der Waals surface area contributed by atoms with Crippen molar-refractivity contribution < 1.29 is 19.1 Å². The SMILES string of the molecule is Cc1cccc(NC(=O)[C@H]2[C@H]3C=C[C@@]4(O3)[C@H]2C(=O)N(Cc2ccc(Cl)cc2)[C@@H]4C(=O)N[C@H]2CCCC[C@H]2C)c1. The van der Waals surface area contributed by atoms with E-state index in [1.54, 1.807) is 17.0 Å². The van der Waals surface area contributed by atoms with E-state index in [4.69, 9.17) is 16.3 Å². The van der Waals surface area contributed by atoms with Gasteiger partial charge in [0.15, 0.2) is 0 Å². The number of ether oxygens (including phenoxy) is 1. The van der Waals surface area contributed by atoms with Crippen LogP contribution < -0.4 is 10.6 Å². The molecule has 1 saturated carbocycles. The van der Waals surface area contributed by atoms with Gasteiger partial charge in [-0.3, -0.25) is 14.4 Å². The van der Waals surface area contributed by atoms with Crippen molar-refractivity contribution >= 4 is 35.0 Å². The number of rotatable bonds is 6. The van der Waals surface area contributed by atoms with Crippen LogP contribution in [0, 0.1) is 24.7 Å². The summed E-state index contributed by atoms with van der Waals surface area (Å²) in [5.74, 6) is -1.89. The zero-order valence-corrected chi connectivity index (χ0v) is 23.0. The summed E-state index contributed by atoms with van der Waals surface area (Å²) < 4.78 is 6.47. The maximum atomic E-state index is 14.2. The fraction of sp³-hybridized carbons (Fsp3) is 0.452. The highest BCUT2D eigenvalue weighted by Gasteiger charge is 2.72. The van der Waals surface area contributed by atoms with E-state index in [2.05, 4.69) is 17.6 Å². The molecule has 3 fully saturated rings. The molecular weight excluding hydrogens is 514 g/mol. The molecule has 2 N–H and O–H groups in total. The van der Waals surface area contributed by atoms with Crippen LogP contribution in [0.2, 0.25) is 5.02 Å². The molecule has 2 aromatic rings. The van der Waals surface area contributed by atoms with E-state index in [0.717, 1.165) is 36.8 Å². The lowest BCUT2D eigenvalue weighted by molar-refractivity contribution is -0.142. The molecule has 2 aromatic carbocycles. The first-order valence-corrected chi connectivity index (χ1v) is 14.2. The number of anilines is 1. The number of carbonyl (C=O) groups excluding carboxylic acids is 3. The van der Waals surface area contributed by atoms with Crippen molar-refractivity contribution in [2.24, 2.45) is 17.8 Å². The Morgan fingerprint density at radius 1 is 1.10 bits per heavy atom. The summed E-state index contributed by atoms with van der Waals surface area (Å²) in [4.78, 5) is 43.4. The summed E-state index contributed by atoms with van der Waals surface area (Å²) in [6.45, 7) is 4.35. The third-order valence-electron chi connectivity index (χ3n) is 8.92. The smallest absolute Gasteiger partial charge is 0.246 e. The Morgan fingerprint density at radius 2 is 1.87 bits per heavy atom. The fourth-order valence-electron chi connectivity index (χ4n) is 6.97. The summed E-state index contributed by atoms with van der Waals surface area (Å²) in [5, 5.41) is 6.85. The van der Waals surface area contributed by atoms with Crippen LogP contribution in [0.25, 0.3) is 0 Å². The lowest BCUT2D eigenvalue weighted by Gasteiger charge is -2.36. The summed E-state index contributed by atoms with van der Waals surface area (Å²) >= 11 is 6.10. The highest BCUT2D eigenvalue weighted by atomic mass is 35.5. The molecule has 3 amide bonds. The van der Waals surface area contributed by atoms with Gasteiger partial charge in [0.2, 0.25) is 17.7 Å². The summed E-state index contributed by atoms with van der Waals surface area (Å²) in [6.07, 6.45) is 7.35. The van der Waals surface area contributed by atoms with E-state index in [1.807, 2.05) is 55.5 Å². The minimum atomic E-state index is -1.19. The number of hydrogen-bond donors (Lipinski definition) is 2. The number of carbonyl (C=O) groups is 3. The van der Waals surface area contributed by atoms with Crippen LogP contribution in [0.1, 0.15) is 43.7 Å². The molecule has 8 heteroatoms. The third-order valence-corrected chi connectivity index (χ3v) is 9.17. The molecule has 2 saturated heterocycles. The van der Waals surface area contributed by atoms with Gasteiger partial charge >= 0.3 is 0 Å². The number of nitrogens with zero attached hydrogens (tertiary/aromatic N) is 1. The Kier molecular flexibility index (Phi) is 6.76. The van der Waals surface area contributed by atoms with Crippen LogP contribution in [0.15, 0.2) is 60.7 Å². The number of benzene rings is 2. The maximum Gasteiger partial charge on any atom is 0.246 e. The monoisotopic (exact) mass is 547 g/mol. The minimum Gasteiger partial charge on any atom is -0.359 e. The van der Waals surface area contributed by atoms with Gasteiger partial charge in [0.1, 0.15) is 11.6 Å². The van der Waals surface area contributed by atoms with Crippen LogP contribution in [0.5, 0.6) is 0 Å². The predicted molar refractivity (Wildman–Crippen MR) is 149 cm³/mol. The van der Waals surface area contributed by atoms with Crippen LogP contribution in [-0.4, -0.2) is 46.4 Å². The number of halogens is 1. The Morgan fingerprint density at radius 3 is 2.62 bits per heavy atom. The number of hydrogen-bond acceptors (Lipinski definition) is 4. The van der Waals surface area contributed by atoms with Crippen molar-refractivity contribution in [1.82, 2.24) is 10.2 Å². The molecule has 0 unspecified atom stereocenters. The second-order valence-electron chi connectivity index (χ2n) is 11.5. The van der Waals surface area contributed by atoms with Gasteiger partial charge in [-0.15, -0.1) is 0 Å². The summed E-state index contributed by atoms with van der Waals surface area (Å²) in [7, 11) is 0. The normalized spacial score (nSPS) is 32.8. The van der Waals surface area contributed by atoms with Crippen molar-refractivity contribution in [3.05, 3.63) is 76.8 Å². The minimum absolute atomic E-state index is 0.0529. The number of aryl methyl sites for hydroxylation is 1. The van der Waals surface area contributed by atoms with Crippen molar-refractivity contribution in [2.75, 3.05) is 5.32 Å². The molecule has 7 atom stereocenters. The van der Waals surface area contributed by atoms with Crippen LogP contribution in [0.3, 0.4) is 0 Å². The number of likely N-dealkylation sites (tertiary alicyclic amines) is 1. The Bertz CT molecular complexity index is 1330. The van der Waals surface area contributed by atoms with Gasteiger partial charge in [0, 0.05) is 23.3 Å². The molecule has 0 aromatic heterocycles. The molecule has 2 bridgehead atoms. The zero-order chi connectivity index (χ0) is 27.3. The number of nitrogens with one attached hydrogen (secondary N) is 2. The predicted octanol–water partition coefficient (Wildman–Crippen LogP) is 4.63. The van der Waals surface area contributed by atoms with Gasteiger partial charge in [-0.25, -0.2) is 0 Å². The molecular formula is C31H34ClN3O4. The average molecular weight is 548 g/mol. The van der Waals surface area contributed by atoms with E-state index >= 15 is 0 Å². The van der Waals surface area contributed by atoms with Crippen LogP contribution in [-0.2, 0) is 25.7 Å². The molecule has 3 heterocycles. The van der Waals surface area contributed by atoms with E-state index in [1.165, 1.54) is 0 Å². The molecule has 1 spiro atoms. The van der Waals surface area contributed by atoms with E-state index in [-0.39, 0.29) is 30.3 Å². The zero-order valence-electron chi connectivity index (χ0n) is 22.2. The van der Waals surface area contributed by atoms with E-state index in [0.29, 0.717) is 16.6 Å². The molecule has 4 aliphatic rings. The molecule has 39 heavy (non-hydrogen) atoms. The lowest BCUT2D eigenvalue weighted by Crippen LogP contribution is -2.57. The molecule has 204 valence electrons. The molecule has 6 rings (SSSR count). The number of fused-ring (bicyclic) bond motifs is 1. The second-order valence-corrected chi connectivity index (χ2v) is 12.0. The number of amides is 3. The molecule has 3 aliphatic heterocycles. The first kappa shape index (κ1) is 26.1. The first-order valence-electron chi connectivity index (χ1n) is 13.9. The third kappa shape index (κ3) is 4.55. The van der Waals surface area contributed by atoms with Crippen LogP contribution in [0.4, 0.5) is 5.69 Å². The largest absolute Gasteiger partial charge is 0.359 e. The average Bonchev–Trinajstić information content (AvgIpc) is 3.54. The van der Waals surface area contributed by atoms with Gasteiger partial charge in [0.25, 0.3) is 0 Å². The lowest BCUT2D eigenvalue weighted by atomic mass is 9.74. The standard InChI is InChI=1S/C31H34ClN3O4/c1-18-6-5-8-22(16-18)33-28(36)25-24-14-15-31(39-24)26(25)30(38)35(17-20-10-12-21(32)13-11-20)27(31)29(37)34-23-9-4-3-7-19(23)2/h5-6,8,10-16,19,23-27H,3-4,7,9,17H2,1-2H3,(H,33,36)(H,34,37)/t19-,23+,24-,25+,26-,27-,31-/m1/s1. The van der Waals surface area contributed by atoms with E-state index < -0.39 is 29.6 Å². The summed E-state index contributed by atoms with van der Waals surface area (Å²) in [5.41, 5.74) is 1.36. The van der Waals surface area contributed by atoms with Gasteiger partial charge in [-0.1, -0.05) is 67.8 Å². The second kappa shape index (κ2) is 10.1. The van der Waals surface area contributed by atoms with Crippen molar-refractivity contribution in [2.45, 2.75) is 69.9 Å². The van der Waals surface area contributed by atoms with Gasteiger partial charge in [-0.2, -0.15) is 0 Å². The van der Waals surface area contributed by atoms with Gasteiger partial charge in [0.05, 0.1) is 17.9 Å². The topological polar surface area (TPSA) is 87.7 Å². The Hall–Kier alpha value is -3.16. The van der Waals surface area contributed by atoms with Crippen molar-refractivity contribution in [3.63, 3.8) is 0 Å². The fourth-order valence-corrected chi connectivity index (χ4v) is 7.09. The van der Waals surface area contributed by atoms with Gasteiger partial charge in [-0.05, 0) is 61.1 Å². The molecule has 1 aliphatic carbocycles. The van der Waals surface area contributed by atoms with E-state index in [9.17, 15) is 14.4 Å². The van der Waals surface area contributed by atoms with Gasteiger partial charge < -0.3 is 20.3 Å². The highest BCUT2D eigenvalue weighted by Crippen LogP contribution is 2.55. The summed E-state index contributed by atoms with van der Waals surface area (Å²) in [6, 6.07) is 14.0. The molecule has 0 radical (unpaired) electrons. The highest BCUT2D eigenvalue weighted by molar-refractivity contribution is 6.30. The Labute approximate surface area is 233 Å². The van der Waals surface area contributed by atoms with Crippen molar-refractivity contribution in [3.8, 4) is 0 Å². The Balaban J connectivity index is 1.33. The first-order chi connectivity index (χ1) is 18.8. The molecule has 7 nitrogen and oxygen atoms in total. The maximum absolute atomic E-state index is 14.2. The quantitative estimate of drug-likeness (QED) is 0.516.